The monoisotopic (exact) mass is 306 g/mol. The van der Waals surface area contributed by atoms with Crippen LogP contribution in [0.15, 0.2) is 18.2 Å². The van der Waals surface area contributed by atoms with Gasteiger partial charge < -0.3 is 0 Å². The summed E-state index contributed by atoms with van der Waals surface area (Å²) < 4.78 is 0. The van der Waals surface area contributed by atoms with Gasteiger partial charge in [0.2, 0.25) is 0 Å². The Bertz CT molecular complexity index is 370. The molecule has 0 nitrogen and oxygen atoms in total. The molecule has 3 heteroatoms. The molecule has 1 saturated carbocycles. The van der Waals surface area contributed by atoms with E-state index in [-0.39, 0.29) is 0 Å². The highest BCUT2D eigenvalue weighted by Crippen LogP contribution is 2.53. The Morgan fingerprint density at radius 3 is 2.47 bits per heavy atom. The van der Waals surface area contributed by atoms with E-state index in [1.165, 1.54) is 18.4 Å². The van der Waals surface area contributed by atoms with Crippen molar-refractivity contribution in [2.75, 3.05) is 0 Å². The molecular formula is C12H13BrCl2. The predicted molar refractivity (Wildman–Crippen MR) is 70.2 cm³/mol. The maximum Gasteiger partial charge on any atom is 0.0595 e. The molecule has 0 amide bonds. The third-order valence-electron chi connectivity index (χ3n) is 3.28. The number of hydrogen-bond donors (Lipinski definition) is 0. The van der Waals surface area contributed by atoms with Crippen molar-refractivity contribution in [2.24, 2.45) is 5.41 Å². The van der Waals surface area contributed by atoms with Crippen LogP contribution in [0.4, 0.5) is 0 Å². The molecule has 82 valence electrons. The van der Waals surface area contributed by atoms with Crippen LogP contribution in [-0.2, 0) is 6.42 Å². The normalized spacial score (nSPS) is 20.0. The Hall–Kier alpha value is 0.280. The van der Waals surface area contributed by atoms with Gasteiger partial charge in [0, 0.05) is 4.83 Å². The lowest BCUT2D eigenvalue weighted by Gasteiger charge is -2.18. The quantitative estimate of drug-likeness (QED) is 0.682. The van der Waals surface area contributed by atoms with Crippen LogP contribution in [0, 0.1) is 5.41 Å². The molecule has 0 aromatic heterocycles. The molecule has 1 atom stereocenters. The van der Waals surface area contributed by atoms with Gasteiger partial charge in [-0.1, -0.05) is 52.1 Å². The molecule has 1 aliphatic carbocycles. The Kier molecular flexibility index (Phi) is 3.35. The molecule has 1 aromatic rings. The van der Waals surface area contributed by atoms with Crippen LogP contribution in [0.25, 0.3) is 0 Å². The molecule has 0 spiro atoms. The number of hydrogen-bond acceptors (Lipinski definition) is 0. The second-order valence-corrected chi connectivity index (χ2v) is 6.59. The highest BCUT2D eigenvalue weighted by molar-refractivity contribution is 9.09. The Balaban J connectivity index is 2.15. The van der Waals surface area contributed by atoms with Crippen LogP contribution in [0.3, 0.4) is 0 Å². The first-order valence-corrected chi connectivity index (χ1v) is 6.79. The standard InChI is InChI=1S/C12H13BrCl2/c1-8(13)12(4-5-12)7-9-2-3-10(14)11(15)6-9/h2-3,6,8H,4-5,7H2,1H3. The maximum atomic E-state index is 6.00. The molecule has 1 fully saturated rings. The molecule has 15 heavy (non-hydrogen) atoms. The number of halogens is 3. The summed E-state index contributed by atoms with van der Waals surface area (Å²) in [6, 6.07) is 5.94. The number of alkyl halides is 1. The van der Waals surface area contributed by atoms with Crippen molar-refractivity contribution in [1.29, 1.82) is 0 Å². The molecule has 0 saturated heterocycles. The molecule has 0 aliphatic heterocycles. The molecule has 1 unspecified atom stereocenters. The zero-order chi connectivity index (χ0) is 11.1. The van der Waals surface area contributed by atoms with Crippen molar-refractivity contribution in [3.05, 3.63) is 33.8 Å². The van der Waals surface area contributed by atoms with Crippen LogP contribution in [0.1, 0.15) is 25.3 Å². The molecule has 1 aliphatic rings. The minimum absolute atomic E-state index is 0.456. The minimum Gasteiger partial charge on any atom is -0.0888 e. The van der Waals surface area contributed by atoms with Gasteiger partial charge in [-0.15, -0.1) is 0 Å². The summed E-state index contributed by atoms with van der Waals surface area (Å²) in [6.45, 7) is 2.23. The van der Waals surface area contributed by atoms with Crippen molar-refractivity contribution in [2.45, 2.75) is 31.0 Å². The molecular weight excluding hydrogens is 295 g/mol. The first-order chi connectivity index (χ1) is 7.03. The van der Waals surface area contributed by atoms with E-state index < -0.39 is 0 Å². The SMILES string of the molecule is CC(Br)C1(Cc2ccc(Cl)c(Cl)c2)CC1. The van der Waals surface area contributed by atoms with E-state index in [4.69, 9.17) is 23.2 Å². The van der Waals surface area contributed by atoms with Crippen molar-refractivity contribution in [3.8, 4) is 0 Å². The Morgan fingerprint density at radius 1 is 1.33 bits per heavy atom. The fourth-order valence-corrected chi connectivity index (χ4v) is 2.87. The van der Waals surface area contributed by atoms with E-state index in [1.807, 2.05) is 12.1 Å². The first-order valence-electron chi connectivity index (χ1n) is 5.11. The largest absolute Gasteiger partial charge is 0.0888 e. The zero-order valence-corrected chi connectivity index (χ0v) is 11.7. The third kappa shape index (κ3) is 2.51. The summed E-state index contributed by atoms with van der Waals surface area (Å²) in [6.07, 6.45) is 3.70. The fourth-order valence-electron chi connectivity index (χ4n) is 1.93. The summed E-state index contributed by atoms with van der Waals surface area (Å²) in [5.41, 5.74) is 1.74. The fraction of sp³-hybridized carbons (Fsp3) is 0.500. The van der Waals surface area contributed by atoms with Gasteiger partial charge in [-0.3, -0.25) is 0 Å². The smallest absolute Gasteiger partial charge is 0.0595 e. The van der Waals surface area contributed by atoms with Gasteiger partial charge in [0.1, 0.15) is 0 Å². The molecule has 0 heterocycles. The topological polar surface area (TPSA) is 0 Å². The summed E-state index contributed by atoms with van der Waals surface area (Å²) in [5.74, 6) is 0. The average molecular weight is 308 g/mol. The average Bonchev–Trinajstić information content (AvgIpc) is 2.93. The second kappa shape index (κ2) is 4.27. The van der Waals surface area contributed by atoms with E-state index >= 15 is 0 Å². The number of rotatable bonds is 3. The lowest BCUT2D eigenvalue weighted by atomic mass is 9.94. The summed E-state index contributed by atoms with van der Waals surface area (Å²) in [7, 11) is 0. The van der Waals surface area contributed by atoms with Crippen LogP contribution in [0.5, 0.6) is 0 Å². The van der Waals surface area contributed by atoms with Gasteiger partial charge in [-0.05, 0) is 42.4 Å². The van der Waals surface area contributed by atoms with E-state index in [0.29, 0.717) is 20.3 Å². The summed E-state index contributed by atoms with van der Waals surface area (Å²) in [5, 5.41) is 1.30. The highest BCUT2D eigenvalue weighted by Gasteiger charge is 2.46. The lowest BCUT2D eigenvalue weighted by Crippen LogP contribution is -2.15. The van der Waals surface area contributed by atoms with Gasteiger partial charge in [0.15, 0.2) is 0 Å². The van der Waals surface area contributed by atoms with Crippen molar-refractivity contribution in [1.82, 2.24) is 0 Å². The first kappa shape index (κ1) is 11.8. The molecule has 2 rings (SSSR count). The molecule has 0 bridgehead atoms. The molecule has 1 aromatic carbocycles. The van der Waals surface area contributed by atoms with Crippen LogP contribution < -0.4 is 0 Å². The highest BCUT2D eigenvalue weighted by atomic mass is 79.9. The summed E-state index contributed by atoms with van der Waals surface area (Å²) in [4.78, 5) is 0.569. The van der Waals surface area contributed by atoms with E-state index in [0.717, 1.165) is 6.42 Å². The third-order valence-corrected chi connectivity index (χ3v) is 4.99. The van der Waals surface area contributed by atoms with E-state index in [1.54, 1.807) is 0 Å². The van der Waals surface area contributed by atoms with Gasteiger partial charge in [0.05, 0.1) is 10.0 Å². The lowest BCUT2D eigenvalue weighted by molar-refractivity contribution is 0.509. The van der Waals surface area contributed by atoms with Crippen LogP contribution in [0.2, 0.25) is 10.0 Å². The second-order valence-electron chi connectivity index (χ2n) is 4.40. The Morgan fingerprint density at radius 2 is 2.00 bits per heavy atom. The predicted octanol–water partition coefficient (Wildman–Crippen LogP) is 5.10. The van der Waals surface area contributed by atoms with Crippen molar-refractivity contribution >= 4 is 39.1 Å². The maximum absolute atomic E-state index is 6.00. The molecule has 0 N–H and O–H groups in total. The van der Waals surface area contributed by atoms with Crippen molar-refractivity contribution < 1.29 is 0 Å². The summed E-state index contributed by atoms with van der Waals surface area (Å²) >= 11 is 15.6. The van der Waals surface area contributed by atoms with Crippen molar-refractivity contribution in [3.63, 3.8) is 0 Å². The zero-order valence-electron chi connectivity index (χ0n) is 8.56. The molecule has 0 radical (unpaired) electrons. The van der Waals surface area contributed by atoms with Crippen LogP contribution in [-0.4, -0.2) is 4.83 Å². The number of benzene rings is 1. The van der Waals surface area contributed by atoms with Crippen LogP contribution >= 0.6 is 39.1 Å². The van der Waals surface area contributed by atoms with Gasteiger partial charge in [-0.2, -0.15) is 0 Å². The van der Waals surface area contributed by atoms with Gasteiger partial charge >= 0.3 is 0 Å². The minimum atomic E-state index is 0.456. The van der Waals surface area contributed by atoms with Gasteiger partial charge in [0.25, 0.3) is 0 Å². The van der Waals surface area contributed by atoms with Gasteiger partial charge in [-0.25, -0.2) is 0 Å². The Labute approximate surface area is 109 Å². The van der Waals surface area contributed by atoms with E-state index in [9.17, 15) is 0 Å². The van der Waals surface area contributed by atoms with E-state index in [2.05, 4.69) is 28.9 Å².